The van der Waals surface area contributed by atoms with Crippen molar-refractivity contribution >= 4 is 40.5 Å². The van der Waals surface area contributed by atoms with Crippen molar-refractivity contribution in [3.05, 3.63) is 90.0 Å². The number of ether oxygens (including phenoxy) is 1. The molecule has 0 saturated heterocycles. The number of aryl methyl sites for hydroxylation is 1. The van der Waals surface area contributed by atoms with Gasteiger partial charge in [-0.2, -0.15) is 0 Å². The van der Waals surface area contributed by atoms with E-state index in [0.717, 1.165) is 5.56 Å². The van der Waals surface area contributed by atoms with Crippen LogP contribution in [0.5, 0.6) is 5.75 Å². The molecule has 0 aliphatic heterocycles. The highest BCUT2D eigenvalue weighted by molar-refractivity contribution is 7.80. The van der Waals surface area contributed by atoms with E-state index in [1.807, 2.05) is 30.3 Å². The SMILES string of the molecule is COc1ccc(C(=O)NC(=S)Nc2cccc(NC(=O)CCc3ccccc3)c2)cc1. The zero-order valence-electron chi connectivity index (χ0n) is 17.1. The minimum absolute atomic E-state index is 0.0728. The number of rotatable bonds is 7. The molecule has 3 N–H and O–H groups in total. The van der Waals surface area contributed by atoms with E-state index in [-0.39, 0.29) is 16.9 Å². The second kappa shape index (κ2) is 10.9. The number of benzene rings is 3. The van der Waals surface area contributed by atoms with Gasteiger partial charge in [0.1, 0.15) is 5.75 Å². The van der Waals surface area contributed by atoms with Gasteiger partial charge in [0.2, 0.25) is 5.91 Å². The fraction of sp³-hybridized carbons (Fsp3) is 0.125. The molecule has 0 aromatic heterocycles. The molecule has 2 amide bonds. The van der Waals surface area contributed by atoms with Gasteiger partial charge in [-0.15, -0.1) is 0 Å². The van der Waals surface area contributed by atoms with Gasteiger partial charge in [-0.3, -0.25) is 14.9 Å². The van der Waals surface area contributed by atoms with Crippen molar-refractivity contribution in [1.82, 2.24) is 5.32 Å². The molecule has 0 bridgehead atoms. The lowest BCUT2D eigenvalue weighted by atomic mass is 10.1. The summed E-state index contributed by atoms with van der Waals surface area (Å²) in [5.41, 5.74) is 2.88. The number of thiocarbonyl (C=S) groups is 1. The number of hydrogen-bond donors (Lipinski definition) is 3. The first-order chi connectivity index (χ1) is 15.0. The number of nitrogens with one attached hydrogen (secondary N) is 3. The van der Waals surface area contributed by atoms with Crippen molar-refractivity contribution in [2.75, 3.05) is 17.7 Å². The number of carbonyl (C=O) groups excluding carboxylic acids is 2. The second-order valence-electron chi connectivity index (χ2n) is 6.75. The van der Waals surface area contributed by atoms with Gasteiger partial charge < -0.3 is 15.4 Å². The first-order valence-corrected chi connectivity index (χ1v) is 10.1. The van der Waals surface area contributed by atoms with Crippen molar-refractivity contribution < 1.29 is 14.3 Å². The molecule has 6 nitrogen and oxygen atoms in total. The molecule has 0 spiro atoms. The third kappa shape index (κ3) is 6.94. The molecule has 0 fully saturated rings. The highest BCUT2D eigenvalue weighted by Gasteiger charge is 2.09. The Morgan fingerprint density at radius 2 is 1.55 bits per heavy atom. The lowest BCUT2D eigenvalue weighted by Crippen LogP contribution is -2.34. The molecule has 0 atom stereocenters. The Labute approximate surface area is 186 Å². The number of anilines is 2. The van der Waals surface area contributed by atoms with Gasteiger partial charge in [0.05, 0.1) is 7.11 Å². The predicted octanol–water partition coefficient (Wildman–Crippen LogP) is 4.39. The average molecular weight is 434 g/mol. The Hall–Kier alpha value is -3.71. The molecule has 3 aromatic carbocycles. The molecular formula is C24H23N3O3S. The van der Waals surface area contributed by atoms with Crippen LogP contribution in [0.15, 0.2) is 78.9 Å². The largest absolute Gasteiger partial charge is 0.497 e. The molecular weight excluding hydrogens is 410 g/mol. The van der Waals surface area contributed by atoms with E-state index in [9.17, 15) is 9.59 Å². The van der Waals surface area contributed by atoms with Gasteiger partial charge in [0.15, 0.2) is 5.11 Å². The summed E-state index contributed by atoms with van der Waals surface area (Å²) in [5.74, 6) is 0.266. The molecule has 158 valence electrons. The fourth-order valence-electron chi connectivity index (χ4n) is 2.88. The van der Waals surface area contributed by atoms with Crippen LogP contribution in [0.3, 0.4) is 0 Å². The number of methoxy groups -OCH3 is 1. The van der Waals surface area contributed by atoms with E-state index < -0.39 is 0 Å². The van der Waals surface area contributed by atoms with Crippen molar-refractivity contribution in [1.29, 1.82) is 0 Å². The van der Waals surface area contributed by atoms with Crippen LogP contribution < -0.4 is 20.7 Å². The van der Waals surface area contributed by atoms with Gasteiger partial charge in [-0.05, 0) is 66.7 Å². The van der Waals surface area contributed by atoms with Crippen LogP contribution in [0.4, 0.5) is 11.4 Å². The first-order valence-electron chi connectivity index (χ1n) is 9.74. The molecule has 31 heavy (non-hydrogen) atoms. The molecule has 0 aliphatic rings. The third-order valence-corrected chi connectivity index (χ3v) is 4.67. The summed E-state index contributed by atoms with van der Waals surface area (Å²) in [5, 5.41) is 8.64. The Morgan fingerprint density at radius 3 is 2.23 bits per heavy atom. The topological polar surface area (TPSA) is 79.5 Å². The molecule has 0 saturated carbocycles. The highest BCUT2D eigenvalue weighted by Crippen LogP contribution is 2.16. The number of carbonyl (C=O) groups is 2. The molecule has 3 aromatic rings. The standard InChI is InChI=1S/C24H23N3O3S/c1-30-21-13-11-18(12-14-21)23(29)27-24(31)26-20-9-5-8-19(16-20)25-22(28)15-10-17-6-3-2-4-7-17/h2-9,11-14,16H,10,15H2,1H3,(H,25,28)(H2,26,27,29,31). The summed E-state index contributed by atoms with van der Waals surface area (Å²) in [6, 6.07) is 23.7. The van der Waals surface area contributed by atoms with E-state index in [4.69, 9.17) is 17.0 Å². The van der Waals surface area contributed by atoms with Gasteiger partial charge in [-0.25, -0.2) is 0 Å². The summed E-state index contributed by atoms with van der Waals surface area (Å²) >= 11 is 5.23. The summed E-state index contributed by atoms with van der Waals surface area (Å²) in [4.78, 5) is 24.6. The second-order valence-corrected chi connectivity index (χ2v) is 7.16. The highest BCUT2D eigenvalue weighted by atomic mass is 32.1. The van der Waals surface area contributed by atoms with E-state index in [0.29, 0.717) is 35.5 Å². The summed E-state index contributed by atoms with van der Waals surface area (Å²) in [7, 11) is 1.56. The maximum absolute atomic E-state index is 12.3. The average Bonchev–Trinajstić information content (AvgIpc) is 2.78. The van der Waals surface area contributed by atoms with E-state index in [2.05, 4.69) is 16.0 Å². The predicted molar refractivity (Wildman–Crippen MR) is 127 cm³/mol. The van der Waals surface area contributed by atoms with E-state index in [1.54, 1.807) is 55.6 Å². The van der Waals surface area contributed by atoms with Gasteiger partial charge in [0.25, 0.3) is 5.91 Å². The molecule has 7 heteroatoms. The summed E-state index contributed by atoms with van der Waals surface area (Å²) < 4.78 is 5.09. The molecule has 0 aliphatic carbocycles. The van der Waals surface area contributed by atoms with Crippen molar-refractivity contribution in [2.45, 2.75) is 12.8 Å². The lowest BCUT2D eigenvalue weighted by Gasteiger charge is -2.12. The maximum atomic E-state index is 12.3. The van der Waals surface area contributed by atoms with Crippen molar-refractivity contribution in [3.8, 4) is 5.75 Å². The van der Waals surface area contributed by atoms with Gasteiger partial charge in [0, 0.05) is 23.4 Å². The Morgan fingerprint density at radius 1 is 0.871 bits per heavy atom. The van der Waals surface area contributed by atoms with Crippen LogP contribution in [0.1, 0.15) is 22.3 Å². The van der Waals surface area contributed by atoms with E-state index in [1.165, 1.54) is 0 Å². The van der Waals surface area contributed by atoms with Crippen LogP contribution in [0.25, 0.3) is 0 Å². The Balaban J connectivity index is 1.51. The molecule has 0 unspecified atom stereocenters. The Kier molecular flexibility index (Phi) is 7.73. The van der Waals surface area contributed by atoms with Crippen molar-refractivity contribution in [3.63, 3.8) is 0 Å². The number of hydrogen-bond acceptors (Lipinski definition) is 4. The van der Waals surface area contributed by atoms with Crippen LogP contribution >= 0.6 is 12.2 Å². The van der Waals surface area contributed by atoms with Gasteiger partial charge in [-0.1, -0.05) is 36.4 Å². The molecule has 0 radical (unpaired) electrons. The van der Waals surface area contributed by atoms with Crippen molar-refractivity contribution in [2.24, 2.45) is 0 Å². The fourth-order valence-corrected chi connectivity index (χ4v) is 3.09. The summed E-state index contributed by atoms with van der Waals surface area (Å²) in [6.45, 7) is 0. The monoisotopic (exact) mass is 433 g/mol. The quantitative estimate of drug-likeness (QED) is 0.482. The van der Waals surface area contributed by atoms with Crippen LogP contribution in [-0.2, 0) is 11.2 Å². The van der Waals surface area contributed by atoms with E-state index >= 15 is 0 Å². The van der Waals surface area contributed by atoms with Crippen LogP contribution in [0.2, 0.25) is 0 Å². The third-order valence-electron chi connectivity index (χ3n) is 4.47. The smallest absolute Gasteiger partial charge is 0.257 e. The normalized spacial score (nSPS) is 10.1. The molecule has 3 rings (SSSR count). The minimum Gasteiger partial charge on any atom is -0.497 e. The zero-order chi connectivity index (χ0) is 22.1. The lowest BCUT2D eigenvalue weighted by molar-refractivity contribution is -0.116. The first kappa shape index (κ1) is 22.0. The van der Waals surface area contributed by atoms with Crippen LogP contribution in [-0.4, -0.2) is 24.0 Å². The Bertz CT molecular complexity index is 1050. The van der Waals surface area contributed by atoms with Gasteiger partial charge >= 0.3 is 0 Å². The zero-order valence-corrected chi connectivity index (χ0v) is 17.9. The maximum Gasteiger partial charge on any atom is 0.257 e. The van der Waals surface area contributed by atoms with Crippen LogP contribution in [0, 0.1) is 0 Å². The molecule has 0 heterocycles. The summed E-state index contributed by atoms with van der Waals surface area (Å²) in [6.07, 6.45) is 1.06. The number of amides is 2. The minimum atomic E-state index is -0.328.